The minimum absolute atomic E-state index is 0.0243. The second kappa shape index (κ2) is 8.42. The van der Waals surface area contributed by atoms with Gasteiger partial charge < -0.3 is 10.6 Å². The SMILES string of the molecule is CC(C)(C)c1ncc(C=CC(=O)NCCNC(=O)C2CCCC2)s1. The Morgan fingerprint density at radius 3 is 2.54 bits per heavy atom. The maximum absolute atomic E-state index is 11.8. The van der Waals surface area contributed by atoms with Gasteiger partial charge in [-0.15, -0.1) is 11.3 Å². The molecule has 0 saturated heterocycles. The molecule has 0 unspecified atom stereocenters. The van der Waals surface area contributed by atoms with E-state index in [2.05, 4.69) is 36.4 Å². The Labute approximate surface area is 147 Å². The first kappa shape index (κ1) is 18.6. The lowest BCUT2D eigenvalue weighted by atomic mass is 9.98. The fourth-order valence-corrected chi connectivity index (χ4v) is 3.51. The highest BCUT2D eigenvalue weighted by molar-refractivity contribution is 7.12. The number of thiazole rings is 1. The van der Waals surface area contributed by atoms with Crippen molar-refractivity contribution >= 4 is 29.2 Å². The third-order valence-electron chi connectivity index (χ3n) is 4.01. The molecular weight excluding hydrogens is 322 g/mol. The molecule has 1 aromatic rings. The molecule has 1 heterocycles. The summed E-state index contributed by atoms with van der Waals surface area (Å²) in [6, 6.07) is 0. The molecule has 2 rings (SSSR count). The molecule has 0 aliphatic heterocycles. The summed E-state index contributed by atoms with van der Waals surface area (Å²) >= 11 is 1.59. The van der Waals surface area contributed by atoms with E-state index in [9.17, 15) is 9.59 Å². The standard InChI is InChI=1S/C18H27N3O2S/c1-18(2,3)17-21-12-14(24-17)8-9-15(22)19-10-11-20-16(23)13-6-4-5-7-13/h8-9,12-13H,4-7,10-11H2,1-3H3,(H,19,22)(H,20,23). The fourth-order valence-electron chi connectivity index (χ4n) is 2.63. The number of rotatable bonds is 6. The van der Waals surface area contributed by atoms with Crippen molar-refractivity contribution in [3.05, 3.63) is 22.2 Å². The minimum Gasteiger partial charge on any atom is -0.354 e. The summed E-state index contributed by atoms with van der Waals surface area (Å²) < 4.78 is 0. The van der Waals surface area contributed by atoms with Gasteiger partial charge in [0.15, 0.2) is 0 Å². The van der Waals surface area contributed by atoms with Crippen LogP contribution in [0.15, 0.2) is 12.3 Å². The van der Waals surface area contributed by atoms with Crippen LogP contribution in [0.1, 0.15) is 56.3 Å². The predicted octanol–water partition coefficient (Wildman–Crippen LogP) is 2.88. The van der Waals surface area contributed by atoms with Gasteiger partial charge in [0, 0.05) is 41.6 Å². The third kappa shape index (κ3) is 5.74. The Bertz CT molecular complexity index is 596. The van der Waals surface area contributed by atoms with Crippen molar-refractivity contribution in [3.63, 3.8) is 0 Å². The first-order valence-corrected chi connectivity index (χ1v) is 9.38. The van der Waals surface area contributed by atoms with Gasteiger partial charge >= 0.3 is 0 Å². The maximum atomic E-state index is 11.8. The molecule has 2 N–H and O–H groups in total. The van der Waals surface area contributed by atoms with Crippen LogP contribution < -0.4 is 10.6 Å². The predicted molar refractivity (Wildman–Crippen MR) is 97.8 cm³/mol. The van der Waals surface area contributed by atoms with Crippen molar-refractivity contribution in [2.24, 2.45) is 5.92 Å². The van der Waals surface area contributed by atoms with E-state index in [0.29, 0.717) is 13.1 Å². The number of nitrogens with zero attached hydrogens (tertiary/aromatic N) is 1. The summed E-state index contributed by atoms with van der Waals surface area (Å²) in [6.07, 6.45) is 9.36. The summed E-state index contributed by atoms with van der Waals surface area (Å²) in [5.41, 5.74) is 0.0243. The van der Waals surface area contributed by atoms with Crippen molar-refractivity contribution in [2.45, 2.75) is 51.9 Å². The van der Waals surface area contributed by atoms with E-state index in [1.807, 2.05) is 0 Å². The molecule has 0 bridgehead atoms. The van der Waals surface area contributed by atoms with Gasteiger partial charge in [-0.05, 0) is 18.9 Å². The van der Waals surface area contributed by atoms with Crippen LogP contribution in [0.25, 0.3) is 6.08 Å². The van der Waals surface area contributed by atoms with E-state index >= 15 is 0 Å². The quantitative estimate of drug-likeness (QED) is 0.613. The van der Waals surface area contributed by atoms with Crippen molar-refractivity contribution in [3.8, 4) is 0 Å². The molecule has 132 valence electrons. The summed E-state index contributed by atoms with van der Waals surface area (Å²) in [5.74, 6) is 0.136. The molecule has 1 fully saturated rings. The van der Waals surface area contributed by atoms with E-state index in [1.54, 1.807) is 23.6 Å². The monoisotopic (exact) mass is 349 g/mol. The Morgan fingerprint density at radius 2 is 1.92 bits per heavy atom. The zero-order valence-electron chi connectivity index (χ0n) is 14.7. The molecule has 0 atom stereocenters. The van der Waals surface area contributed by atoms with Gasteiger partial charge in [0.25, 0.3) is 0 Å². The lowest BCUT2D eigenvalue weighted by Crippen LogP contribution is -2.36. The Balaban J connectivity index is 1.67. The Kier molecular flexibility index (Phi) is 6.54. The first-order chi connectivity index (χ1) is 11.4. The van der Waals surface area contributed by atoms with Crippen molar-refractivity contribution in [1.29, 1.82) is 0 Å². The lowest BCUT2D eigenvalue weighted by molar-refractivity contribution is -0.125. The van der Waals surface area contributed by atoms with Gasteiger partial charge in [0.05, 0.1) is 5.01 Å². The van der Waals surface area contributed by atoms with Crippen molar-refractivity contribution < 1.29 is 9.59 Å². The second-order valence-electron chi connectivity index (χ2n) is 7.21. The second-order valence-corrected chi connectivity index (χ2v) is 8.28. The van der Waals surface area contributed by atoms with Gasteiger partial charge in [0.2, 0.25) is 11.8 Å². The van der Waals surface area contributed by atoms with E-state index in [-0.39, 0.29) is 23.1 Å². The highest BCUT2D eigenvalue weighted by Gasteiger charge is 2.21. The van der Waals surface area contributed by atoms with E-state index < -0.39 is 0 Å². The molecule has 6 heteroatoms. The third-order valence-corrected chi connectivity index (χ3v) is 5.40. The number of aromatic nitrogens is 1. The largest absolute Gasteiger partial charge is 0.354 e. The summed E-state index contributed by atoms with van der Waals surface area (Å²) in [5, 5.41) is 6.72. The molecule has 1 aliphatic carbocycles. The molecule has 24 heavy (non-hydrogen) atoms. The topological polar surface area (TPSA) is 71.1 Å². The highest BCUT2D eigenvalue weighted by Crippen LogP contribution is 2.27. The lowest BCUT2D eigenvalue weighted by Gasteiger charge is -2.13. The molecule has 0 spiro atoms. The minimum atomic E-state index is -0.157. The number of nitrogens with one attached hydrogen (secondary N) is 2. The van der Waals surface area contributed by atoms with Crippen LogP contribution in [0, 0.1) is 5.92 Å². The number of carbonyl (C=O) groups excluding carboxylic acids is 2. The van der Waals surface area contributed by atoms with Gasteiger partial charge in [-0.25, -0.2) is 4.98 Å². The van der Waals surface area contributed by atoms with E-state index in [0.717, 1.165) is 35.6 Å². The normalized spacial score (nSPS) is 15.8. The molecule has 0 aromatic carbocycles. The number of amides is 2. The summed E-state index contributed by atoms with van der Waals surface area (Å²) in [7, 11) is 0. The summed E-state index contributed by atoms with van der Waals surface area (Å²) in [4.78, 5) is 29.0. The van der Waals surface area contributed by atoms with Crippen molar-refractivity contribution in [1.82, 2.24) is 15.6 Å². The Morgan fingerprint density at radius 1 is 1.25 bits per heavy atom. The first-order valence-electron chi connectivity index (χ1n) is 8.56. The molecule has 0 radical (unpaired) electrons. The van der Waals surface area contributed by atoms with Crippen LogP contribution >= 0.6 is 11.3 Å². The van der Waals surface area contributed by atoms with Gasteiger partial charge in [-0.2, -0.15) is 0 Å². The molecule has 1 aromatic heterocycles. The van der Waals surface area contributed by atoms with Gasteiger partial charge in [-0.3, -0.25) is 9.59 Å². The molecule has 1 saturated carbocycles. The molecular formula is C18H27N3O2S. The zero-order chi connectivity index (χ0) is 17.6. The maximum Gasteiger partial charge on any atom is 0.244 e. The zero-order valence-corrected chi connectivity index (χ0v) is 15.5. The highest BCUT2D eigenvalue weighted by atomic mass is 32.1. The van der Waals surface area contributed by atoms with Crippen LogP contribution in [0.4, 0.5) is 0 Å². The smallest absolute Gasteiger partial charge is 0.244 e. The van der Waals surface area contributed by atoms with Gasteiger partial charge in [0.1, 0.15) is 0 Å². The average Bonchev–Trinajstić information content (AvgIpc) is 3.19. The molecule has 2 amide bonds. The van der Waals surface area contributed by atoms with Crippen LogP contribution in [0.5, 0.6) is 0 Å². The number of hydrogen-bond acceptors (Lipinski definition) is 4. The van der Waals surface area contributed by atoms with Crippen molar-refractivity contribution in [2.75, 3.05) is 13.1 Å². The Hall–Kier alpha value is -1.69. The van der Waals surface area contributed by atoms with Crippen LogP contribution in [0.2, 0.25) is 0 Å². The van der Waals surface area contributed by atoms with Crippen LogP contribution in [-0.2, 0) is 15.0 Å². The number of carbonyl (C=O) groups is 2. The van der Waals surface area contributed by atoms with E-state index in [1.165, 1.54) is 6.08 Å². The van der Waals surface area contributed by atoms with Crippen LogP contribution in [0.3, 0.4) is 0 Å². The summed E-state index contributed by atoms with van der Waals surface area (Å²) in [6.45, 7) is 7.27. The molecule has 5 nitrogen and oxygen atoms in total. The van der Waals surface area contributed by atoms with E-state index in [4.69, 9.17) is 0 Å². The number of hydrogen-bond donors (Lipinski definition) is 2. The average molecular weight is 350 g/mol. The molecule has 1 aliphatic rings. The van der Waals surface area contributed by atoms with Gasteiger partial charge in [-0.1, -0.05) is 33.6 Å². The fraction of sp³-hybridized carbons (Fsp3) is 0.611. The van der Waals surface area contributed by atoms with Crippen LogP contribution in [-0.4, -0.2) is 29.9 Å².